The number of nitrogens with zero attached hydrogens (tertiary/aromatic N) is 2. The molecular weight excluding hydrogens is 148 g/mol. The Morgan fingerprint density at radius 2 is 2.42 bits per heavy atom. The zero-order valence-electron chi connectivity index (χ0n) is 7.36. The maximum Gasteiger partial charge on any atom is 0.0460 e. The predicted octanol–water partition coefficient (Wildman–Crippen LogP) is 2.42. The molecule has 1 rings (SSSR count). The molecule has 0 radical (unpaired) electrons. The van der Waals surface area contributed by atoms with Crippen LogP contribution in [0.5, 0.6) is 0 Å². The van der Waals surface area contributed by atoms with Crippen LogP contribution in [0.25, 0.3) is 0 Å². The fourth-order valence-corrected chi connectivity index (χ4v) is 0.838. The van der Waals surface area contributed by atoms with Crippen molar-refractivity contribution in [3.63, 3.8) is 0 Å². The van der Waals surface area contributed by atoms with Crippen molar-refractivity contribution < 1.29 is 0 Å². The Balaban J connectivity index is 2.85. The molecule has 0 aliphatic carbocycles. The quantitative estimate of drug-likeness (QED) is 0.610. The monoisotopic (exact) mass is 160 g/mol. The van der Waals surface area contributed by atoms with Crippen molar-refractivity contribution in [1.29, 1.82) is 0 Å². The molecule has 12 heavy (non-hydrogen) atoms. The zero-order chi connectivity index (χ0) is 8.81. The summed E-state index contributed by atoms with van der Waals surface area (Å²) in [6, 6.07) is 3.90. The van der Waals surface area contributed by atoms with Crippen LogP contribution in [-0.2, 0) is 0 Å². The van der Waals surface area contributed by atoms with Gasteiger partial charge in [-0.3, -0.25) is 9.98 Å². The molecular formula is C10H12N2. The van der Waals surface area contributed by atoms with Gasteiger partial charge in [0, 0.05) is 29.9 Å². The summed E-state index contributed by atoms with van der Waals surface area (Å²) in [7, 11) is 0. The van der Waals surface area contributed by atoms with Gasteiger partial charge in [0.15, 0.2) is 0 Å². The molecule has 62 valence electrons. The van der Waals surface area contributed by atoms with E-state index < -0.39 is 0 Å². The van der Waals surface area contributed by atoms with E-state index in [-0.39, 0.29) is 0 Å². The van der Waals surface area contributed by atoms with Gasteiger partial charge in [-0.25, -0.2) is 0 Å². The molecule has 0 fully saturated rings. The number of aromatic nitrogens is 1. The Kier molecular flexibility index (Phi) is 3.20. The van der Waals surface area contributed by atoms with Crippen LogP contribution in [0.2, 0.25) is 0 Å². The predicted molar refractivity (Wildman–Crippen MR) is 51.3 cm³/mol. The minimum Gasteiger partial charge on any atom is -0.264 e. The second kappa shape index (κ2) is 4.44. The van der Waals surface area contributed by atoms with Gasteiger partial charge in [0.1, 0.15) is 0 Å². The largest absolute Gasteiger partial charge is 0.264 e. The molecule has 0 bridgehead atoms. The van der Waals surface area contributed by atoms with Crippen molar-refractivity contribution in [3.8, 4) is 0 Å². The van der Waals surface area contributed by atoms with Gasteiger partial charge in [-0.15, -0.1) is 0 Å². The van der Waals surface area contributed by atoms with Gasteiger partial charge >= 0.3 is 0 Å². The molecule has 0 saturated heterocycles. The average Bonchev–Trinajstić information content (AvgIpc) is 2.15. The summed E-state index contributed by atoms with van der Waals surface area (Å²) >= 11 is 0. The van der Waals surface area contributed by atoms with Crippen LogP contribution >= 0.6 is 0 Å². The van der Waals surface area contributed by atoms with Crippen LogP contribution < -0.4 is 0 Å². The highest BCUT2D eigenvalue weighted by Gasteiger charge is 1.92. The van der Waals surface area contributed by atoms with E-state index in [4.69, 9.17) is 0 Å². The van der Waals surface area contributed by atoms with Gasteiger partial charge in [0.25, 0.3) is 0 Å². The number of allylic oxidation sites excluding steroid dienone is 1. The normalized spacial score (nSPS) is 12.3. The lowest BCUT2D eigenvalue weighted by Gasteiger charge is -1.95. The van der Waals surface area contributed by atoms with Crippen molar-refractivity contribution in [3.05, 3.63) is 42.4 Å². The smallest absolute Gasteiger partial charge is 0.0460 e. The number of aliphatic imine (C=N–C) groups is 1. The number of hydrogen-bond donors (Lipinski definition) is 0. The summed E-state index contributed by atoms with van der Waals surface area (Å²) in [5.74, 6) is 0. The van der Waals surface area contributed by atoms with E-state index in [1.165, 1.54) is 0 Å². The molecule has 0 saturated carbocycles. The molecule has 0 amide bonds. The molecule has 0 spiro atoms. The van der Waals surface area contributed by atoms with E-state index in [9.17, 15) is 0 Å². The summed E-state index contributed by atoms with van der Waals surface area (Å²) in [4.78, 5) is 8.22. The number of rotatable bonds is 2. The fraction of sp³-hybridized carbons (Fsp3) is 0.200. The minimum absolute atomic E-state index is 0.987. The van der Waals surface area contributed by atoms with Crippen molar-refractivity contribution in [2.24, 2.45) is 4.99 Å². The van der Waals surface area contributed by atoms with Crippen LogP contribution in [0.15, 0.2) is 41.8 Å². The molecule has 1 aromatic rings. The molecule has 0 aliphatic rings. The topological polar surface area (TPSA) is 25.2 Å². The van der Waals surface area contributed by atoms with Gasteiger partial charge in [-0.1, -0.05) is 12.1 Å². The van der Waals surface area contributed by atoms with E-state index in [0.29, 0.717) is 0 Å². The molecule has 0 atom stereocenters. The number of pyridine rings is 1. The van der Waals surface area contributed by atoms with E-state index in [1.54, 1.807) is 12.4 Å². The Morgan fingerprint density at radius 1 is 1.58 bits per heavy atom. The maximum atomic E-state index is 4.21. The fourth-order valence-electron chi connectivity index (χ4n) is 0.838. The van der Waals surface area contributed by atoms with E-state index in [0.717, 1.165) is 11.3 Å². The highest BCUT2D eigenvalue weighted by Crippen LogP contribution is 1.98. The minimum atomic E-state index is 0.987. The zero-order valence-corrected chi connectivity index (χ0v) is 7.36. The first-order valence-corrected chi connectivity index (χ1v) is 3.90. The second-order valence-corrected chi connectivity index (χ2v) is 2.44. The lowest BCUT2D eigenvalue weighted by Crippen LogP contribution is -1.93. The maximum absolute atomic E-state index is 4.21. The highest BCUT2D eigenvalue weighted by atomic mass is 14.7. The summed E-state index contributed by atoms with van der Waals surface area (Å²) in [5, 5.41) is 0. The standard InChI is InChI=1S/C10H12N2/c1-3-6-12-9(2)10-5-4-7-11-8-10/h3-8H,1-2H3. The van der Waals surface area contributed by atoms with Crippen molar-refractivity contribution in [1.82, 2.24) is 4.98 Å². The Labute approximate surface area is 72.7 Å². The van der Waals surface area contributed by atoms with Crippen LogP contribution in [-0.4, -0.2) is 10.7 Å². The van der Waals surface area contributed by atoms with E-state index in [2.05, 4.69) is 9.98 Å². The molecule has 0 unspecified atom stereocenters. The lowest BCUT2D eigenvalue weighted by atomic mass is 10.2. The van der Waals surface area contributed by atoms with Gasteiger partial charge < -0.3 is 0 Å². The van der Waals surface area contributed by atoms with E-state index >= 15 is 0 Å². The number of hydrogen-bond acceptors (Lipinski definition) is 2. The van der Waals surface area contributed by atoms with Gasteiger partial charge in [0.05, 0.1) is 0 Å². The summed E-state index contributed by atoms with van der Waals surface area (Å²) in [6.45, 7) is 3.91. The Bertz CT molecular complexity index is 286. The third-order valence-corrected chi connectivity index (χ3v) is 1.50. The second-order valence-electron chi connectivity index (χ2n) is 2.44. The highest BCUT2D eigenvalue weighted by molar-refractivity contribution is 5.98. The van der Waals surface area contributed by atoms with Crippen LogP contribution in [0.4, 0.5) is 0 Å². The van der Waals surface area contributed by atoms with Crippen LogP contribution in [0.1, 0.15) is 19.4 Å². The van der Waals surface area contributed by atoms with Crippen molar-refractivity contribution >= 4 is 5.71 Å². The first-order valence-electron chi connectivity index (χ1n) is 3.90. The van der Waals surface area contributed by atoms with Crippen molar-refractivity contribution in [2.75, 3.05) is 0 Å². The molecule has 0 N–H and O–H groups in total. The summed E-state index contributed by atoms with van der Waals surface area (Å²) < 4.78 is 0. The van der Waals surface area contributed by atoms with Crippen LogP contribution in [0.3, 0.4) is 0 Å². The van der Waals surface area contributed by atoms with Gasteiger partial charge in [-0.2, -0.15) is 0 Å². The van der Waals surface area contributed by atoms with Gasteiger partial charge in [-0.05, 0) is 19.9 Å². The first kappa shape index (κ1) is 8.65. The molecule has 0 aliphatic heterocycles. The molecule has 2 nitrogen and oxygen atoms in total. The van der Waals surface area contributed by atoms with E-state index in [1.807, 2.05) is 38.3 Å². The van der Waals surface area contributed by atoms with Gasteiger partial charge in [0.2, 0.25) is 0 Å². The SMILES string of the molecule is CC=CN=C(C)c1cccnc1. The first-order chi connectivity index (χ1) is 5.84. The summed E-state index contributed by atoms with van der Waals surface area (Å²) in [5.41, 5.74) is 2.05. The Morgan fingerprint density at radius 3 is 3.00 bits per heavy atom. The molecule has 2 heteroatoms. The van der Waals surface area contributed by atoms with Crippen LogP contribution in [0, 0.1) is 0 Å². The average molecular weight is 160 g/mol. The van der Waals surface area contributed by atoms with Crippen molar-refractivity contribution in [2.45, 2.75) is 13.8 Å². The molecule has 0 aromatic carbocycles. The third-order valence-electron chi connectivity index (χ3n) is 1.50. The Hall–Kier alpha value is -1.44. The third kappa shape index (κ3) is 2.31. The lowest BCUT2D eigenvalue weighted by molar-refractivity contribution is 1.31. The molecule has 1 aromatic heterocycles. The summed E-state index contributed by atoms with van der Waals surface area (Å²) in [6.07, 6.45) is 7.25. The molecule has 1 heterocycles.